The van der Waals surface area contributed by atoms with Crippen LogP contribution in [-0.4, -0.2) is 45.4 Å². The second-order valence-electron chi connectivity index (χ2n) is 7.51. The fourth-order valence-electron chi connectivity index (χ4n) is 4.14. The average Bonchev–Trinajstić information content (AvgIpc) is 3.29. The number of nitrogens with zero attached hydrogens (tertiary/aromatic N) is 1. The number of ether oxygens (including phenoxy) is 2. The van der Waals surface area contributed by atoms with Crippen molar-refractivity contribution in [2.45, 2.75) is 51.6 Å². The highest BCUT2D eigenvalue weighted by atomic mass is 16.5. The monoisotopic (exact) mass is 359 g/mol. The van der Waals surface area contributed by atoms with Crippen molar-refractivity contribution in [3.63, 3.8) is 0 Å². The van der Waals surface area contributed by atoms with E-state index >= 15 is 0 Å². The Morgan fingerprint density at radius 3 is 2.81 bits per heavy atom. The Hall–Kier alpha value is -1.75. The number of hydrogen-bond donors (Lipinski definition) is 2. The Bertz CT molecular complexity index is 572. The van der Waals surface area contributed by atoms with Gasteiger partial charge < -0.3 is 20.1 Å². The largest absolute Gasteiger partial charge is 0.488 e. The molecule has 144 valence electrons. The molecule has 1 aromatic rings. The molecule has 26 heavy (non-hydrogen) atoms. The highest BCUT2D eigenvalue weighted by Gasteiger charge is 2.33. The van der Waals surface area contributed by atoms with Crippen molar-refractivity contribution in [2.24, 2.45) is 10.4 Å². The van der Waals surface area contributed by atoms with Crippen LogP contribution in [0.3, 0.4) is 0 Å². The Morgan fingerprint density at radius 2 is 2.08 bits per heavy atom. The molecule has 1 atom stereocenters. The maximum absolute atomic E-state index is 6.00. The molecular weight excluding hydrogens is 326 g/mol. The van der Waals surface area contributed by atoms with Crippen LogP contribution >= 0.6 is 0 Å². The predicted molar refractivity (Wildman–Crippen MR) is 106 cm³/mol. The van der Waals surface area contributed by atoms with E-state index in [0.717, 1.165) is 50.9 Å². The first-order chi connectivity index (χ1) is 12.7. The van der Waals surface area contributed by atoms with Gasteiger partial charge in [0.25, 0.3) is 0 Å². The summed E-state index contributed by atoms with van der Waals surface area (Å²) in [6.45, 7) is 5.45. The van der Waals surface area contributed by atoms with Crippen molar-refractivity contribution >= 4 is 5.96 Å². The molecule has 5 nitrogen and oxygen atoms in total. The molecule has 2 N–H and O–H groups in total. The second-order valence-corrected chi connectivity index (χ2v) is 7.51. The molecule has 1 unspecified atom stereocenters. The lowest BCUT2D eigenvalue weighted by Crippen LogP contribution is -2.46. The third kappa shape index (κ3) is 4.91. The van der Waals surface area contributed by atoms with E-state index in [9.17, 15) is 0 Å². The Morgan fingerprint density at radius 1 is 1.27 bits per heavy atom. The summed E-state index contributed by atoms with van der Waals surface area (Å²) < 4.78 is 11.6. The number of fused-ring (bicyclic) bond motifs is 1. The highest BCUT2D eigenvalue weighted by molar-refractivity contribution is 5.79. The summed E-state index contributed by atoms with van der Waals surface area (Å²) in [5.41, 5.74) is 1.65. The van der Waals surface area contributed by atoms with Crippen LogP contribution in [0.5, 0.6) is 5.75 Å². The van der Waals surface area contributed by atoms with Crippen LogP contribution in [0.4, 0.5) is 0 Å². The first-order valence-electron chi connectivity index (χ1n) is 10.0. The fourth-order valence-corrected chi connectivity index (χ4v) is 4.14. The lowest BCUT2D eigenvalue weighted by molar-refractivity contribution is 0.105. The van der Waals surface area contributed by atoms with Gasteiger partial charge in [-0.1, -0.05) is 31.0 Å². The summed E-state index contributed by atoms with van der Waals surface area (Å²) in [5.74, 6) is 1.88. The normalized spacial score (nSPS) is 21.3. The molecule has 0 bridgehead atoms. The minimum Gasteiger partial charge on any atom is -0.488 e. The third-order valence-corrected chi connectivity index (χ3v) is 5.71. The lowest BCUT2D eigenvalue weighted by Gasteiger charge is -2.30. The van der Waals surface area contributed by atoms with Gasteiger partial charge in [-0.2, -0.15) is 0 Å². The lowest BCUT2D eigenvalue weighted by atomic mass is 9.83. The van der Waals surface area contributed by atoms with Gasteiger partial charge in [0.05, 0.1) is 6.54 Å². The van der Waals surface area contributed by atoms with Crippen LogP contribution < -0.4 is 15.4 Å². The maximum atomic E-state index is 6.00. The van der Waals surface area contributed by atoms with Gasteiger partial charge >= 0.3 is 0 Å². The zero-order valence-corrected chi connectivity index (χ0v) is 16.2. The predicted octanol–water partition coefficient (Wildman–Crippen LogP) is 3.14. The Balaban J connectivity index is 1.44. The Kier molecular flexibility index (Phi) is 6.78. The number of para-hydroxylation sites is 1. The van der Waals surface area contributed by atoms with E-state index in [4.69, 9.17) is 9.47 Å². The van der Waals surface area contributed by atoms with Crippen LogP contribution in [0.1, 0.15) is 44.6 Å². The molecule has 3 rings (SSSR count). The molecule has 0 saturated heterocycles. The van der Waals surface area contributed by atoms with Gasteiger partial charge in [-0.15, -0.1) is 0 Å². The van der Waals surface area contributed by atoms with Crippen molar-refractivity contribution in [3.05, 3.63) is 29.8 Å². The molecule has 1 aliphatic heterocycles. The molecule has 2 aliphatic rings. The smallest absolute Gasteiger partial charge is 0.191 e. The van der Waals surface area contributed by atoms with Crippen LogP contribution in [0.15, 0.2) is 29.3 Å². The molecule has 0 spiro atoms. The standard InChI is InChI=1S/C21H33N3O2/c1-3-25-13-12-21(10-6-7-11-21)16-24-20(22-2)23-15-18-14-17-8-4-5-9-19(17)26-18/h4-5,8-9,18H,3,6-7,10-16H2,1-2H3,(H2,22,23,24). The molecule has 1 fully saturated rings. The molecule has 5 heteroatoms. The molecule has 0 radical (unpaired) electrons. The highest BCUT2D eigenvalue weighted by Crippen LogP contribution is 2.40. The van der Waals surface area contributed by atoms with E-state index in [0.29, 0.717) is 5.41 Å². The molecule has 0 aromatic heterocycles. The average molecular weight is 360 g/mol. The number of benzene rings is 1. The summed E-state index contributed by atoms with van der Waals surface area (Å²) in [5, 5.41) is 6.99. The summed E-state index contributed by atoms with van der Waals surface area (Å²) in [4.78, 5) is 4.39. The van der Waals surface area contributed by atoms with Crippen LogP contribution in [-0.2, 0) is 11.2 Å². The number of aliphatic imine (C=N–C) groups is 1. The summed E-state index contributed by atoms with van der Waals surface area (Å²) in [7, 11) is 1.83. The molecule has 1 aliphatic carbocycles. The summed E-state index contributed by atoms with van der Waals surface area (Å²) >= 11 is 0. The maximum Gasteiger partial charge on any atom is 0.191 e. The molecular formula is C21H33N3O2. The van der Waals surface area contributed by atoms with E-state index in [1.807, 2.05) is 19.2 Å². The quantitative estimate of drug-likeness (QED) is 0.425. The van der Waals surface area contributed by atoms with Crippen LogP contribution in [0, 0.1) is 5.41 Å². The second kappa shape index (κ2) is 9.26. The number of rotatable bonds is 8. The number of nitrogens with one attached hydrogen (secondary N) is 2. The van der Waals surface area contributed by atoms with Gasteiger partial charge in [-0.05, 0) is 43.2 Å². The van der Waals surface area contributed by atoms with Crippen LogP contribution in [0.25, 0.3) is 0 Å². The minimum absolute atomic E-state index is 0.171. The van der Waals surface area contributed by atoms with Crippen molar-refractivity contribution in [2.75, 3.05) is 33.4 Å². The molecule has 0 amide bonds. The summed E-state index contributed by atoms with van der Waals surface area (Å²) in [6.07, 6.45) is 7.48. The first-order valence-corrected chi connectivity index (χ1v) is 10.0. The zero-order valence-electron chi connectivity index (χ0n) is 16.2. The van der Waals surface area contributed by atoms with Gasteiger partial charge in [0.1, 0.15) is 11.9 Å². The number of guanidine groups is 1. The van der Waals surface area contributed by atoms with Gasteiger partial charge in [0, 0.05) is 33.2 Å². The molecule has 1 heterocycles. The van der Waals surface area contributed by atoms with E-state index in [2.05, 4.69) is 34.7 Å². The third-order valence-electron chi connectivity index (χ3n) is 5.71. The van der Waals surface area contributed by atoms with Crippen molar-refractivity contribution in [3.8, 4) is 5.75 Å². The first kappa shape index (κ1) is 19.0. The molecule has 1 saturated carbocycles. The zero-order chi connectivity index (χ0) is 18.2. The fraction of sp³-hybridized carbons (Fsp3) is 0.667. The summed E-state index contributed by atoms with van der Waals surface area (Å²) in [6, 6.07) is 8.29. The Labute approximate surface area is 157 Å². The van der Waals surface area contributed by atoms with Crippen molar-refractivity contribution in [1.29, 1.82) is 0 Å². The van der Waals surface area contributed by atoms with Gasteiger partial charge in [-0.25, -0.2) is 0 Å². The van der Waals surface area contributed by atoms with Gasteiger partial charge in [-0.3, -0.25) is 4.99 Å². The number of hydrogen-bond acceptors (Lipinski definition) is 3. The minimum atomic E-state index is 0.171. The van der Waals surface area contributed by atoms with E-state index in [-0.39, 0.29) is 6.10 Å². The van der Waals surface area contributed by atoms with E-state index < -0.39 is 0 Å². The van der Waals surface area contributed by atoms with E-state index in [1.54, 1.807) is 0 Å². The topological polar surface area (TPSA) is 54.9 Å². The van der Waals surface area contributed by atoms with Crippen LogP contribution in [0.2, 0.25) is 0 Å². The molecule has 1 aromatic carbocycles. The van der Waals surface area contributed by atoms with Crippen molar-refractivity contribution < 1.29 is 9.47 Å². The van der Waals surface area contributed by atoms with Gasteiger partial charge in [0.15, 0.2) is 5.96 Å². The van der Waals surface area contributed by atoms with Gasteiger partial charge in [0.2, 0.25) is 0 Å². The van der Waals surface area contributed by atoms with Crippen molar-refractivity contribution in [1.82, 2.24) is 10.6 Å². The van der Waals surface area contributed by atoms with E-state index in [1.165, 1.54) is 31.2 Å². The SMILES string of the molecule is CCOCCC1(CNC(=NC)NCC2Cc3ccccc3O2)CCCC1.